The molecule has 6 amide bonds. The first-order chi connectivity index (χ1) is 26.6. The minimum Gasteiger partial charge on any atom is -0.508 e. The summed E-state index contributed by atoms with van der Waals surface area (Å²) in [6.45, 7) is 2.41. The molecule has 4 atom stereocenters. The van der Waals surface area contributed by atoms with E-state index in [1.165, 1.54) is 74.5 Å². The molecule has 0 unspecified atom stereocenters. The minimum absolute atomic E-state index is 0.00540. The highest BCUT2D eigenvalue weighted by atomic mass is 16.3. The summed E-state index contributed by atoms with van der Waals surface area (Å²) >= 11 is 0. The summed E-state index contributed by atoms with van der Waals surface area (Å²) in [7, 11) is 0. The Kier molecular flexibility index (Phi) is 14.7. The average molecular weight is 769 g/mol. The summed E-state index contributed by atoms with van der Waals surface area (Å²) in [5.74, 6) is -4.32. The van der Waals surface area contributed by atoms with E-state index in [-0.39, 0.29) is 48.7 Å². The zero-order valence-electron chi connectivity index (χ0n) is 30.6. The van der Waals surface area contributed by atoms with E-state index >= 15 is 0 Å². The van der Waals surface area contributed by atoms with Crippen molar-refractivity contribution in [3.8, 4) is 23.0 Å². The number of amides is 6. The Morgan fingerprint density at radius 2 is 0.625 bits per heavy atom. The third-order valence-electron chi connectivity index (χ3n) is 8.46. The molecule has 16 nitrogen and oxygen atoms in total. The van der Waals surface area contributed by atoms with Gasteiger partial charge >= 0.3 is 0 Å². The molecule has 4 rings (SSSR count). The molecule has 0 fully saturated rings. The summed E-state index contributed by atoms with van der Waals surface area (Å²) in [6, 6.07) is 18.5. The topological polar surface area (TPSA) is 256 Å². The molecule has 0 aromatic heterocycles. The average Bonchev–Trinajstić information content (AvgIpc) is 3.15. The van der Waals surface area contributed by atoms with Crippen LogP contribution in [0.5, 0.6) is 23.0 Å². The third kappa shape index (κ3) is 13.4. The molecule has 0 radical (unpaired) electrons. The number of carbonyl (C=O) groups is 6. The maximum Gasteiger partial charge on any atom is 0.261 e. The molecule has 0 bridgehead atoms. The van der Waals surface area contributed by atoms with E-state index in [1.54, 1.807) is 36.4 Å². The van der Waals surface area contributed by atoms with Crippen LogP contribution in [0.25, 0.3) is 0 Å². The van der Waals surface area contributed by atoms with Gasteiger partial charge in [0.15, 0.2) is 0 Å². The van der Waals surface area contributed by atoms with Crippen molar-refractivity contribution in [3.05, 3.63) is 119 Å². The van der Waals surface area contributed by atoms with Gasteiger partial charge in [0.05, 0.1) is 0 Å². The lowest BCUT2D eigenvalue weighted by Crippen LogP contribution is -2.60. The Labute approximate surface area is 322 Å². The molecule has 0 aliphatic rings. The number of benzene rings is 4. The molecule has 0 saturated carbocycles. The van der Waals surface area contributed by atoms with Gasteiger partial charge < -0.3 is 41.7 Å². The van der Waals surface area contributed by atoms with Crippen LogP contribution in [-0.2, 0) is 54.5 Å². The second kappa shape index (κ2) is 19.8. The normalized spacial score (nSPS) is 12.8. The highest BCUT2D eigenvalue weighted by Gasteiger charge is 2.32. The third-order valence-corrected chi connectivity index (χ3v) is 8.46. The van der Waals surface area contributed by atoms with Gasteiger partial charge in [0, 0.05) is 39.5 Å². The lowest BCUT2D eigenvalue weighted by Gasteiger charge is -2.27. The Bertz CT molecular complexity index is 1990. The molecular weight excluding hydrogens is 724 g/mol. The molecule has 294 valence electrons. The molecule has 0 saturated heterocycles. The predicted molar refractivity (Wildman–Crippen MR) is 203 cm³/mol. The maximum absolute atomic E-state index is 14.2. The quantitative estimate of drug-likeness (QED) is 0.0721. The Balaban J connectivity index is 1.64. The first kappa shape index (κ1) is 41.7. The number of nitrogens with one attached hydrogen (secondary N) is 6. The van der Waals surface area contributed by atoms with Crippen LogP contribution in [0.1, 0.15) is 36.1 Å². The van der Waals surface area contributed by atoms with E-state index in [0.717, 1.165) is 0 Å². The maximum atomic E-state index is 14.2. The van der Waals surface area contributed by atoms with Crippen LogP contribution in [0.15, 0.2) is 97.1 Å². The lowest BCUT2D eigenvalue weighted by molar-refractivity contribution is -0.135. The predicted octanol–water partition coefficient (Wildman–Crippen LogP) is 0.906. The SMILES string of the molecule is CC(=O)NNC(=O)[C@H](Cc1ccc(O)cc1)NC(=O)[C@H](Cc1ccc(O)cc1)NC(=O)[C@H](Cc1ccc(O)cc1)NC(=O)[C@H](Cc1ccc(O)cc1)NC(C)=O. The minimum atomic E-state index is -1.37. The molecule has 56 heavy (non-hydrogen) atoms. The van der Waals surface area contributed by atoms with Crippen LogP contribution in [0.3, 0.4) is 0 Å². The van der Waals surface area contributed by atoms with Gasteiger partial charge in [-0.3, -0.25) is 39.6 Å². The highest BCUT2D eigenvalue weighted by molar-refractivity contribution is 5.96. The number of rotatable bonds is 16. The van der Waals surface area contributed by atoms with E-state index < -0.39 is 59.6 Å². The van der Waals surface area contributed by atoms with Crippen molar-refractivity contribution in [1.29, 1.82) is 0 Å². The van der Waals surface area contributed by atoms with Gasteiger partial charge in [-0.25, -0.2) is 0 Å². The molecule has 0 aliphatic heterocycles. The number of carbonyl (C=O) groups excluding carboxylic acids is 6. The largest absolute Gasteiger partial charge is 0.508 e. The molecule has 10 N–H and O–H groups in total. The standard InChI is InChI=1S/C40H44N6O10/c1-23(47)41-33(19-25-3-11-29(49)12-4-25)37(53)42-34(20-26-5-13-30(50)14-6-26)38(54)43-35(21-27-7-15-31(51)16-8-27)39(55)44-36(40(56)46-45-24(2)48)22-28-9-17-32(52)18-10-28/h3-18,33-36,49-52H,19-22H2,1-2H3,(H,41,47)(H,42,53)(H,43,54)(H,44,55)(H,45,48)(H,46,56)/t33-,34-,35-,36-/m0/s1. The van der Waals surface area contributed by atoms with Crippen LogP contribution in [0.2, 0.25) is 0 Å². The number of phenolic OH excluding ortho intramolecular Hbond substituents is 4. The zero-order chi connectivity index (χ0) is 40.8. The van der Waals surface area contributed by atoms with Crippen LogP contribution in [-0.4, -0.2) is 80.0 Å². The first-order valence-electron chi connectivity index (χ1n) is 17.5. The fourth-order valence-corrected chi connectivity index (χ4v) is 5.61. The van der Waals surface area contributed by atoms with Crippen LogP contribution in [0.4, 0.5) is 0 Å². The van der Waals surface area contributed by atoms with Gasteiger partial charge in [-0.1, -0.05) is 48.5 Å². The Morgan fingerprint density at radius 1 is 0.375 bits per heavy atom. The van der Waals surface area contributed by atoms with Gasteiger partial charge in [-0.2, -0.15) is 0 Å². The number of phenols is 4. The van der Waals surface area contributed by atoms with Crippen molar-refractivity contribution in [1.82, 2.24) is 32.1 Å². The van der Waals surface area contributed by atoms with Crippen molar-refractivity contribution in [2.24, 2.45) is 0 Å². The Hall–Kier alpha value is -7.10. The highest BCUT2D eigenvalue weighted by Crippen LogP contribution is 2.16. The van der Waals surface area contributed by atoms with Crippen LogP contribution >= 0.6 is 0 Å². The van der Waals surface area contributed by atoms with Crippen molar-refractivity contribution in [2.45, 2.75) is 63.7 Å². The zero-order valence-corrected chi connectivity index (χ0v) is 30.6. The molecule has 0 spiro atoms. The smallest absolute Gasteiger partial charge is 0.261 e. The van der Waals surface area contributed by atoms with Crippen molar-refractivity contribution < 1.29 is 49.2 Å². The van der Waals surface area contributed by atoms with Gasteiger partial charge in [0.2, 0.25) is 29.5 Å². The second-order valence-electron chi connectivity index (χ2n) is 13.1. The number of hydrogen-bond acceptors (Lipinski definition) is 10. The molecule has 4 aromatic carbocycles. The molecule has 4 aromatic rings. The number of aromatic hydroxyl groups is 4. The van der Waals surface area contributed by atoms with Gasteiger partial charge in [0.1, 0.15) is 47.2 Å². The summed E-state index contributed by atoms with van der Waals surface area (Å²) in [6.07, 6.45) is -0.317. The van der Waals surface area contributed by atoms with Gasteiger partial charge in [0.25, 0.3) is 5.91 Å². The number of hydrogen-bond donors (Lipinski definition) is 10. The van der Waals surface area contributed by atoms with Crippen molar-refractivity contribution >= 4 is 35.4 Å². The van der Waals surface area contributed by atoms with E-state index in [4.69, 9.17) is 0 Å². The lowest BCUT2D eigenvalue weighted by atomic mass is 10.00. The van der Waals surface area contributed by atoms with Crippen LogP contribution < -0.4 is 32.1 Å². The molecule has 16 heteroatoms. The summed E-state index contributed by atoms with van der Waals surface area (Å²) in [5, 5.41) is 49.8. The van der Waals surface area contributed by atoms with E-state index in [1.807, 2.05) is 0 Å². The first-order valence-corrected chi connectivity index (χ1v) is 17.5. The Morgan fingerprint density at radius 3 is 0.875 bits per heavy atom. The van der Waals surface area contributed by atoms with Crippen molar-refractivity contribution in [3.63, 3.8) is 0 Å². The fraction of sp³-hybridized carbons (Fsp3) is 0.250. The summed E-state index contributed by atoms with van der Waals surface area (Å²) in [4.78, 5) is 79.0. The second-order valence-corrected chi connectivity index (χ2v) is 13.1. The van der Waals surface area contributed by atoms with E-state index in [9.17, 15) is 49.2 Å². The fourth-order valence-electron chi connectivity index (χ4n) is 5.61. The summed E-state index contributed by atoms with van der Waals surface area (Å²) < 4.78 is 0. The van der Waals surface area contributed by atoms with Crippen LogP contribution in [0, 0.1) is 0 Å². The molecular formula is C40H44N6O10. The van der Waals surface area contributed by atoms with E-state index in [2.05, 4.69) is 32.1 Å². The molecule has 0 heterocycles. The van der Waals surface area contributed by atoms with Crippen molar-refractivity contribution in [2.75, 3.05) is 0 Å². The molecule has 0 aliphatic carbocycles. The van der Waals surface area contributed by atoms with Gasteiger partial charge in [-0.05, 0) is 70.8 Å². The monoisotopic (exact) mass is 768 g/mol. The van der Waals surface area contributed by atoms with E-state index in [0.29, 0.717) is 22.3 Å². The number of hydrazine groups is 1. The van der Waals surface area contributed by atoms with Gasteiger partial charge in [-0.15, -0.1) is 0 Å². The summed E-state index contributed by atoms with van der Waals surface area (Å²) in [5.41, 5.74) is 6.62.